The van der Waals surface area contributed by atoms with Gasteiger partial charge in [0, 0.05) is 11.8 Å². The Morgan fingerprint density at radius 1 is 1.21 bits per heavy atom. The standard InChI is InChI=1S/C16H20N2O/c1-12(2)14-5-3-7-15(11-14)19-16-13(8-9-17)6-4-10-18-16/h3-7,10-12H,8-9,17H2,1-2H3. The summed E-state index contributed by atoms with van der Waals surface area (Å²) in [5.74, 6) is 1.95. The van der Waals surface area contributed by atoms with Gasteiger partial charge in [-0.15, -0.1) is 0 Å². The van der Waals surface area contributed by atoms with Gasteiger partial charge in [-0.05, 0) is 42.6 Å². The Labute approximate surface area is 114 Å². The normalized spacial score (nSPS) is 10.7. The van der Waals surface area contributed by atoms with Crippen LogP contribution in [0.4, 0.5) is 0 Å². The molecule has 0 saturated heterocycles. The van der Waals surface area contributed by atoms with E-state index >= 15 is 0 Å². The average Bonchev–Trinajstić information content (AvgIpc) is 2.41. The van der Waals surface area contributed by atoms with E-state index in [4.69, 9.17) is 10.5 Å². The number of pyridine rings is 1. The van der Waals surface area contributed by atoms with E-state index in [1.54, 1.807) is 6.20 Å². The Morgan fingerprint density at radius 2 is 2.05 bits per heavy atom. The van der Waals surface area contributed by atoms with Crippen LogP contribution in [0.1, 0.15) is 30.9 Å². The Bertz CT molecular complexity index is 538. The highest BCUT2D eigenvalue weighted by molar-refractivity contribution is 5.35. The van der Waals surface area contributed by atoms with Crippen molar-refractivity contribution in [2.45, 2.75) is 26.2 Å². The van der Waals surface area contributed by atoms with Gasteiger partial charge >= 0.3 is 0 Å². The summed E-state index contributed by atoms with van der Waals surface area (Å²) < 4.78 is 5.89. The Balaban J connectivity index is 2.23. The highest BCUT2D eigenvalue weighted by atomic mass is 16.5. The van der Waals surface area contributed by atoms with Crippen molar-refractivity contribution in [2.75, 3.05) is 6.54 Å². The first kappa shape index (κ1) is 13.6. The lowest BCUT2D eigenvalue weighted by Crippen LogP contribution is -2.04. The molecule has 1 aromatic heterocycles. The lowest BCUT2D eigenvalue weighted by molar-refractivity contribution is 0.455. The minimum absolute atomic E-state index is 0.482. The van der Waals surface area contributed by atoms with Crippen LogP contribution in [-0.4, -0.2) is 11.5 Å². The van der Waals surface area contributed by atoms with Crippen LogP contribution in [-0.2, 0) is 6.42 Å². The monoisotopic (exact) mass is 256 g/mol. The highest BCUT2D eigenvalue weighted by Gasteiger charge is 2.06. The van der Waals surface area contributed by atoms with E-state index in [9.17, 15) is 0 Å². The second-order valence-corrected chi connectivity index (χ2v) is 4.84. The fourth-order valence-corrected chi connectivity index (χ4v) is 1.91. The summed E-state index contributed by atoms with van der Waals surface area (Å²) in [5.41, 5.74) is 7.90. The molecule has 0 bridgehead atoms. The molecule has 2 rings (SSSR count). The quantitative estimate of drug-likeness (QED) is 0.890. The van der Waals surface area contributed by atoms with Gasteiger partial charge in [0.15, 0.2) is 0 Å². The van der Waals surface area contributed by atoms with Crippen molar-refractivity contribution in [3.63, 3.8) is 0 Å². The van der Waals surface area contributed by atoms with E-state index in [0.717, 1.165) is 17.7 Å². The number of hydrogen-bond acceptors (Lipinski definition) is 3. The molecule has 0 radical (unpaired) electrons. The first-order chi connectivity index (χ1) is 9.20. The number of nitrogens with two attached hydrogens (primary N) is 1. The third-order valence-electron chi connectivity index (χ3n) is 3.00. The molecule has 19 heavy (non-hydrogen) atoms. The second-order valence-electron chi connectivity index (χ2n) is 4.84. The molecule has 0 aliphatic carbocycles. The van der Waals surface area contributed by atoms with Crippen LogP contribution in [0, 0.1) is 0 Å². The van der Waals surface area contributed by atoms with Crippen LogP contribution in [0.2, 0.25) is 0 Å². The Morgan fingerprint density at radius 3 is 2.79 bits per heavy atom. The molecule has 1 aromatic carbocycles. The second kappa shape index (κ2) is 6.34. The maximum atomic E-state index is 5.89. The number of benzene rings is 1. The molecule has 0 atom stereocenters. The van der Waals surface area contributed by atoms with Gasteiger partial charge in [0.05, 0.1) is 0 Å². The minimum Gasteiger partial charge on any atom is -0.439 e. The van der Waals surface area contributed by atoms with Gasteiger partial charge in [0.2, 0.25) is 5.88 Å². The van der Waals surface area contributed by atoms with Crippen molar-refractivity contribution in [2.24, 2.45) is 5.73 Å². The van der Waals surface area contributed by atoms with E-state index in [-0.39, 0.29) is 0 Å². The van der Waals surface area contributed by atoms with Crippen LogP contribution in [0.15, 0.2) is 42.6 Å². The predicted octanol–water partition coefficient (Wildman–Crippen LogP) is 3.50. The van der Waals surface area contributed by atoms with Crippen molar-refractivity contribution >= 4 is 0 Å². The summed E-state index contributed by atoms with van der Waals surface area (Å²) in [6.07, 6.45) is 2.51. The number of ether oxygens (including phenoxy) is 1. The zero-order valence-electron chi connectivity index (χ0n) is 11.5. The van der Waals surface area contributed by atoms with E-state index in [0.29, 0.717) is 18.3 Å². The van der Waals surface area contributed by atoms with E-state index in [1.807, 2.05) is 24.3 Å². The third kappa shape index (κ3) is 3.55. The third-order valence-corrected chi connectivity index (χ3v) is 3.00. The number of hydrogen-bond donors (Lipinski definition) is 1. The first-order valence-corrected chi connectivity index (χ1v) is 6.62. The molecule has 2 aromatic rings. The van der Waals surface area contributed by atoms with Gasteiger partial charge in [-0.2, -0.15) is 0 Å². The molecule has 100 valence electrons. The topological polar surface area (TPSA) is 48.1 Å². The summed E-state index contributed by atoms with van der Waals surface area (Å²) in [7, 11) is 0. The molecule has 3 heteroatoms. The Hall–Kier alpha value is -1.87. The largest absolute Gasteiger partial charge is 0.439 e. The summed E-state index contributed by atoms with van der Waals surface area (Å²) in [4.78, 5) is 4.29. The Kier molecular flexibility index (Phi) is 4.53. The molecule has 1 heterocycles. The average molecular weight is 256 g/mol. The zero-order chi connectivity index (χ0) is 13.7. The van der Waals surface area contributed by atoms with Crippen molar-refractivity contribution in [1.82, 2.24) is 4.98 Å². The van der Waals surface area contributed by atoms with Crippen LogP contribution >= 0.6 is 0 Å². The van der Waals surface area contributed by atoms with Crippen LogP contribution < -0.4 is 10.5 Å². The molecule has 0 fully saturated rings. The lowest BCUT2D eigenvalue weighted by atomic mass is 10.0. The molecule has 0 saturated carbocycles. The molecule has 3 nitrogen and oxygen atoms in total. The van der Waals surface area contributed by atoms with Crippen molar-refractivity contribution in [1.29, 1.82) is 0 Å². The van der Waals surface area contributed by atoms with Crippen LogP contribution in [0.25, 0.3) is 0 Å². The molecular formula is C16H20N2O. The van der Waals surface area contributed by atoms with Gasteiger partial charge in [0.1, 0.15) is 5.75 Å². The fourth-order valence-electron chi connectivity index (χ4n) is 1.91. The predicted molar refractivity (Wildman–Crippen MR) is 77.6 cm³/mol. The van der Waals surface area contributed by atoms with Crippen molar-refractivity contribution in [3.8, 4) is 11.6 Å². The van der Waals surface area contributed by atoms with Crippen LogP contribution in [0.5, 0.6) is 11.6 Å². The number of nitrogens with zero attached hydrogens (tertiary/aromatic N) is 1. The maximum Gasteiger partial charge on any atom is 0.222 e. The first-order valence-electron chi connectivity index (χ1n) is 6.62. The van der Waals surface area contributed by atoms with E-state index in [2.05, 4.69) is 31.0 Å². The minimum atomic E-state index is 0.482. The zero-order valence-corrected chi connectivity index (χ0v) is 11.5. The molecule has 0 amide bonds. The van der Waals surface area contributed by atoms with E-state index < -0.39 is 0 Å². The molecule has 0 spiro atoms. The highest BCUT2D eigenvalue weighted by Crippen LogP contribution is 2.26. The summed E-state index contributed by atoms with van der Waals surface area (Å²) in [6.45, 7) is 4.92. The van der Waals surface area contributed by atoms with Gasteiger partial charge in [-0.3, -0.25) is 0 Å². The van der Waals surface area contributed by atoms with Crippen LogP contribution in [0.3, 0.4) is 0 Å². The van der Waals surface area contributed by atoms with Gasteiger partial charge in [-0.1, -0.05) is 32.0 Å². The summed E-state index contributed by atoms with van der Waals surface area (Å²) in [5, 5.41) is 0. The molecule has 0 aliphatic rings. The SMILES string of the molecule is CC(C)c1cccc(Oc2ncccc2CCN)c1. The molecule has 2 N–H and O–H groups in total. The summed E-state index contributed by atoms with van der Waals surface area (Å²) in [6, 6.07) is 12.0. The van der Waals surface area contributed by atoms with Gasteiger partial charge in [0.25, 0.3) is 0 Å². The van der Waals surface area contributed by atoms with Crippen molar-refractivity contribution in [3.05, 3.63) is 53.7 Å². The smallest absolute Gasteiger partial charge is 0.222 e. The molecular weight excluding hydrogens is 236 g/mol. The van der Waals surface area contributed by atoms with E-state index in [1.165, 1.54) is 5.56 Å². The fraction of sp³-hybridized carbons (Fsp3) is 0.312. The number of rotatable bonds is 5. The van der Waals surface area contributed by atoms with Gasteiger partial charge in [-0.25, -0.2) is 4.98 Å². The van der Waals surface area contributed by atoms with Crippen molar-refractivity contribution < 1.29 is 4.74 Å². The lowest BCUT2D eigenvalue weighted by Gasteiger charge is -2.11. The molecule has 0 unspecified atom stereocenters. The molecule has 0 aliphatic heterocycles. The van der Waals surface area contributed by atoms with Gasteiger partial charge < -0.3 is 10.5 Å². The maximum absolute atomic E-state index is 5.89. The number of aromatic nitrogens is 1. The summed E-state index contributed by atoms with van der Waals surface area (Å²) >= 11 is 0.